The minimum atomic E-state index is -2.46. The lowest BCUT2D eigenvalue weighted by Gasteiger charge is -2.07. The molecule has 0 amide bonds. The Labute approximate surface area is 80.5 Å². The summed E-state index contributed by atoms with van der Waals surface area (Å²) in [5.74, 6) is 0. The first-order chi connectivity index (χ1) is 6.15. The fourth-order valence-corrected chi connectivity index (χ4v) is 1.35. The van der Waals surface area contributed by atoms with Gasteiger partial charge in [-0.05, 0) is 30.7 Å². The van der Waals surface area contributed by atoms with E-state index < -0.39 is 6.43 Å². The summed E-state index contributed by atoms with van der Waals surface area (Å²) < 4.78 is 24.8. The Bertz CT molecular complexity index is 289. The number of benzene rings is 1. The second-order valence-electron chi connectivity index (χ2n) is 2.68. The highest BCUT2D eigenvalue weighted by molar-refractivity contribution is 6.30. The summed E-state index contributed by atoms with van der Waals surface area (Å²) in [6, 6.07) is 4.34. The van der Waals surface area contributed by atoms with Crippen molar-refractivity contribution in [2.45, 2.75) is 12.8 Å². The van der Waals surface area contributed by atoms with Crippen molar-refractivity contribution >= 4 is 11.6 Å². The average molecular weight is 206 g/mol. The molecule has 0 saturated heterocycles. The van der Waals surface area contributed by atoms with E-state index in [2.05, 4.69) is 0 Å². The summed E-state index contributed by atoms with van der Waals surface area (Å²) in [7, 11) is 0. The maximum Gasteiger partial charge on any atom is 0.264 e. The van der Waals surface area contributed by atoms with E-state index in [0.29, 0.717) is 23.6 Å². The van der Waals surface area contributed by atoms with Gasteiger partial charge in [0.15, 0.2) is 0 Å². The van der Waals surface area contributed by atoms with Crippen LogP contribution in [0.3, 0.4) is 0 Å². The van der Waals surface area contributed by atoms with Gasteiger partial charge < -0.3 is 5.73 Å². The Kier molecular flexibility index (Phi) is 3.63. The van der Waals surface area contributed by atoms with Gasteiger partial charge in [-0.15, -0.1) is 0 Å². The van der Waals surface area contributed by atoms with Crippen LogP contribution >= 0.6 is 11.6 Å². The van der Waals surface area contributed by atoms with Crippen molar-refractivity contribution in [1.29, 1.82) is 0 Å². The fraction of sp³-hybridized carbons (Fsp3) is 0.333. The van der Waals surface area contributed by atoms with Crippen LogP contribution < -0.4 is 5.73 Å². The maximum absolute atomic E-state index is 12.4. The highest BCUT2D eigenvalue weighted by atomic mass is 35.5. The summed E-state index contributed by atoms with van der Waals surface area (Å²) in [6.07, 6.45) is -2.03. The molecule has 0 unspecified atom stereocenters. The maximum atomic E-state index is 12.4. The van der Waals surface area contributed by atoms with Crippen molar-refractivity contribution in [2.75, 3.05) is 6.54 Å². The first-order valence-electron chi connectivity index (χ1n) is 3.91. The third kappa shape index (κ3) is 2.64. The Hall–Kier alpha value is -0.670. The predicted molar refractivity (Wildman–Crippen MR) is 49.2 cm³/mol. The molecule has 0 aliphatic rings. The van der Waals surface area contributed by atoms with Gasteiger partial charge >= 0.3 is 0 Å². The van der Waals surface area contributed by atoms with Crippen LogP contribution in [-0.4, -0.2) is 6.54 Å². The summed E-state index contributed by atoms with van der Waals surface area (Å²) >= 11 is 5.67. The molecule has 0 aliphatic carbocycles. The van der Waals surface area contributed by atoms with E-state index in [9.17, 15) is 8.78 Å². The molecule has 0 fully saturated rings. The molecule has 0 aliphatic heterocycles. The van der Waals surface area contributed by atoms with E-state index in [1.165, 1.54) is 18.2 Å². The van der Waals surface area contributed by atoms with E-state index in [1.807, 2.05) is 0 Å². The van der Waals surface area contributed by atoms with Gasteiger partial charge in [-0.25, -0.2) is 8.78 Å². The molecule has 2 N–H and O–H groups in total. The molecular weight excluding hydrogens is 196 g/mol. The summed E-state index contributed by atoms with van der Waals surface area (Å²) in [5, 5.41) is 0.466. The summed E-state index contributed by atoms with van der Waals surface area (Å²) in [6.45, 7) is 0.347. The first-order valence-corrected chi connectivity index (χ1v) is 4.29. The van der Waals surface area contributed by atoms with Crippen molar-refractivity contribution in [3.8, 4) is 0 Å². The van der Waals surface area contributed by atoms with Gasteiger partial charge in [-0.3, -0.25) is 0 Å². The molecule has 1 aromatic rings. The van der Waals surface area contributed by atoms with Crippen LogP contribution in [0.4, 0.5) is 8.78 Å². The van der Waals surface area contributed by atoms with Crippen LogP contribution in [0, 0.1) is 0 Å². The van der Waals surface area contributed by atoms with E-state index >= 15 is 0 Å². The summed E-state index contributed by atoms with van der Waals surface area (Å²) in [5.41, 5.74) is 5.85. The number of nitrogens with two attached hydrogens (primary N) is 1. The fourth-order valence-electron chi connectivity index (χ4n) is 1.16. The minimum absolute atomic E-state index is 0.0230. The topological polar surface area (TPSA) is 26.0 Å². The monoisotopic (exact) mass is 205 g/mol. The molecule has 1 aromatic carbocycles. The standard InChI is InChI=1S/C9H10ClF2N/c10-7-1-2-8(9(11)12)6(5-7)3-4-13/h1-2,5,9H,3-4,13H2. The molecule has 4 heteroatoms. The number of hydrogen-bond acceptors (Lipinski definition) is 1. The van der Waals surface area contributed by atoms with Crippen LogP contribution in [0.1, 0.15) is 17.6 Å². The van der Waals surface area contributed by atoms with E-state index in [4.69, 9.17) is 17.3 Å². The molecular formula is C9H10ClF2N. The van der Waals surface area contributed by atoms with Crippen LogP contribution in [0.5, 0.6) is 0 Å². The SMILES string of the molecule is NCCc1cc(Cl)ccc1C(F)F. The minimum Gasteiger partial charge on any atom is -0.330 e. The highest BCUT2D eigenvalue weighted by Gasteiger charge is 2.12. The molecule has 1 nitrogen and oxygen atoms in total. The number of hydrogen-bond donors (Lipinski definition) is 1. The highest BCUT2D eigenvalue weighted by Crippen LogP contribution is 2.25. The molecule has 0 saturated carbocycles. The van der Waals surface area contributed by atoms with Gasteiger partial charge in [-0.2, -0.15) is 0 Å². The molecule has 72 valence electrons. The molecule has 0 heterocycles. The van der Waals surface area contributed by atoms with E-state index in [0.717, 1.165) is 0 Å². The predicted octanol–water partition coefficient (Wildman–Crippen LogP) is 2.78. The number of halogens is 3. The van der Waals surface area contributed by atoms with Crippen LogP contribution in [-0.2, 0) is 6.42 Å². The van der Waals surface area contributed by atoms with Crippen molar-refractivity contribution < 1.29 is 8.78 Å². The molecule has 1 rings (SSSR count). The molecule has 0 spiro atoms. The lowest BCUT2D eigenvalue weighted by atomic mass is 10.1. The summed E-state index contributed by atoms with van der Waals surface area (Å²) in [4.78, 5) is 0. The molecule has 0 bridgehead atoms. The third-order valence-electron chi connectivity index (χ3n) is 1.75. The molecule has 13 heavy (non-hydrogen) atoms. The van der Waals surface area contributed by atoms with Gasteiger partial charge in [0.25, 0.3) is 6.43 Å². The Balaban J connectivity index is 3.03. The van der Waals surface area contributed by atoms with Gasteiger partial charge in [0, 0.05) is 10.6 Å². The van der Waals surface area contributed by atoms with Gasteiger partial charge in [0.1, 0.15) is 0 Å². The van der Waals surface area contributed by atoms with Crippen LogP contribution in [0.2, 0.25) is 5.02 Å². The van der Waals surface area contributed by atoms with Crippen molar-refractivity contribution in [3.63, 3.8) is 0 Å². The molecule has 0 radical (unpaired) electrons. The normalized spacial score (nSPS) is 10.8. The zero-order valence-electron chi connectivity index (χ0n) is 6.93. The largest absolute Gasteiger partial charge is 0.330 e. The number of rotatable bonds is 3. The van der Waals surface area contributed by atoms with Crippen LogP contribution in [0.25, 0.3) is 0 Å². The van der Waals surface area contributed by atoms with Crippen molar-refractivity contribution in [1.82, 2.24) is 0 Å². The Morgan fingerprint density at radius 2 is 2.08 bits per heavy atom. The molecule has 0 atom stereocenters. The lowest BCUT2D eigenvalue weighted by molar-refractivity contribution is 0.150. The lowest BCUT2D eigenvalue weighted by Crippen LogP contribution is -2.05. The molecule has 0 aromatic heterocycles. The average Bonchev–Trinajstić information content (AvgIpc) is 2.04. The quantitative estimate of drug-likeness (QED) is 0.807. The van der Waals surface area contributed by atoms with Crippen molar-refractivity contribution in [2.24, 2.45) is 5.73 Å². The van der Waals surface area contributed by atoms with E-state index in [1.54, 1.807) is 0 Å². The van der Waals surface area contributed by atoms with Gasteiger partial charge in [-0.1, -0.05) is 17.7 Å². The zero-order chi connectivity index (χ0) is 9.84. The zero-order valence-corrected chi connectivity index (χ0v) is 7.69. The van der Waals surface area contributed by atoms with Gasteiger partial charge in [0.2, 0.25) is 0 Å². The third-order valence-corrected chi connectivity index (χ3v) is 1.99. The number of alkyl halides is 2. The van der Waals surface area contributed by atoms with Gasteiger partial charge in [0.05, 0.1) is 0 Å². The second-order valence-corrected chi connectivity index (χ2v) is 3.12. The first kappa shape index (κ1) is 10.4. The second kappa shape index (κ2) is 4.53. The Morgan fingerprint density at radius 3 is 2.62 bits per heavy atom. The Morgan fingerprint density at radius 1 is 1.38 bits per heavy atom. The van der Waals surface area contributed by atoms with Crippen molar-refractivity contribution in [3.05, 3.63) is 34.3 Å². The van der Waals surface area contributed by atoms with E-state index in [-0.39, 0.29) is 5.56 Å². The smallest absolute Gasteiger partial charge is 0.264 e. The van der Waals surface area contributed by atoms with Crippen LogP contribution in [0.15, 0.2) is 18.2 Å².